The molecule has 0 aliphatic rings. The fraction of sp³-hybridized carbons (Fsp3) is 0.238. The molecule has 0 aliphatic heterocycles. The highest BCUT2D eigenvalue weighted by Gasteiger charge is 2.08. The third-order valence-electron chi connectivity index (χ3n) is 4.06. The minimum Gasteiger partial charge on any atom is -0.497 e. The summed E-state index contributed by atoms with van der Waals surface area (Å²) in [6.45, 7) is 0.662. The molecule has 26 heavy (non-hydrogen) atoms. The Kier molecular flexibility index (Phi) is 6.39. The Morgan fingerprint density at radius 1 is 1.12 bits per heavy atom. The van der Waals surface area contributed by atoms with Gasteiger partial charge in [0.2, 0.25) is 5.91 Å². The average Bonchev–Trinajstić information content (AvgIpc) is 3.16. The first-order valence-corrected chi connectivity index (χ1v) is 9.52. The van der Waals surface area contributed by atoms with Gasteiger partial charge >= 0.3 is 0 Å². The molecule has 0 saturated heterocycles. The number of nitrogens with zero attached hydrogens (tertiary/aromatic N) is 1. The van der Waals surface area contributed by atoms with Gasteiger partial charge in [0, 0.05) is 23.9 Å². The molecule has 2 aromatic carbocycles. The maximum atomic E-state index is 12.0. The molecule has 5 heteroatoms. The second kappa shape index (κ2) is 9.15. The molecule has 3 aromatic rings. The molecule has 1 aromatic heterocycles. The molecule has 3 rings (SSSR count). The molecule has 0 spiro atoms. The summed E-state index contributed by atoms with van der Waals surface area (Å²) >= 11 is 1.59. The highest BCUT2D eigenvalue weighted by atomic mass is 32.1. The monoisotopic (exact) mass is 366 g/mol. The Morgan fingerprint density at radius 3 is 2.77 bits per heavy atom. The van der Waals surface area contributed by atoms with E-state index in [4.69, 9.17) is 4.74 Å². The first kappa shape index (κ1) is 18.1. The van der Waals surface area contributed by atoms with Crippen molar-refractivity contribution in [1.82, 2.24) is 10.3 Å². The largest absolute Gasteiger partial charge is 0.497 e. The van der Waals surface area contributed by atoms with Crippen LogP contribution in [0.25, 0.3) is 10.6 Å². The van der Waals surface area contributed by atoms with Crippen LogP contribution in [0, 0.1) is 0 Å². The lowest BCUT2D eigenvalue weighted by molar-refractivity contribution is -0.121. The third kappa shape index (κ3) is 5.17. The topological polar surface area (TPSA) is 51.2 Å². The number of benzene rings is 2. The number of carbonyl (C=O) groups is 1. The van der Waals surface area contributed by atoms with Gasteiger partial charge in [-0.2, -0.15) is 0 Å². The number of amides is 1. The van der Waals surface area contributed by atoms with Crippen LogP contribution in [0.5, 0.6) is 5.75 Å². The maximum Gasteiger partial charge on any atom is 0.220 e. The molecule has 0 unspecified atom stereocenters. The Morgan fingerprint density at radius 2 is 1.96 bits per heavy atom. The van der Waals surface area contributed by atoms with Crippen LogP contribution in [0.2, 0.25) is 0 Å². The van der Waals surface area contributed by atoms with Crippen LogP contribution in [0.1, 0.15) is 17.7 Å². The number of carbonyl (C=O) groups excluding carboxylic acids is 1. The average molecular weight is 366 g/mol. The first-order valence-electron chi connectivity index (χ1n) is 8.64. The summed E-state index contributed by atoms with van der Waals surface area (Å²) < 4.78 is 5.26. The fourth-order valence-electron chi connectivity index (χ4n) is 2.63. The molecular formula is C21H22N2O2S. The minimum absolute atomic E-state index is 0.0665. The molecule has 1 N–H and O–H groups in total. The molecule has 0 saturated carbocycles. The zero-order valence-electron chi connectivity index (χ0n) is 14.8. The molecule has 0 bridgehead atoms. The van der Waals surface area contributed by atoms with E-state index in [1.807, 2.05) is 47.8 Å². The normalized spacial score (nSPS) is 10.5. The lowest BCUT2D eigenvalue weighted by Gasteiger charge is -2.04. The number of hydrogen-bond acceptors (Lipinski definition) is 4. The van der Waals surface area contributed by atoms with Gasteiger partial charge in [0.15, 0.2) is 0 Å². The molecule has 0 atom stereocenters. The summed E-state index contributed by atoms with van der Waals surface area (Å²) in [5.41, 5.74) is 3.22. The fourth-order valence-corrected chi connectivity index (χ4v) is 3.48. The van der Waals surface area contributed by atoms with Crippen LogP contribution in [-0.4, -0.2) is 24.5 Å². The van der Waals surface area contributed by atoms with E-state index in [9.17, 15) is 4.79 Å². The third-order valence-corrected chi connectivity index (χ3v) is 5.00. The van der Waals surface area contributed by atoms with Crippen LogP contribution in [0.15, 0.2) is 60.0 Å². The van der Waals surface area contributed by atoms with Crippen LogP contribution >= 0.6 is 11.3 Å². The van der Waals surface area contributed by atoms with Crippen molar-refractivity contribution >= 4 is 17.2 Å². The molecule has 134 valence electrons. The van der Waals surface area contributed by atoms with Gasteiger partial charge in [-0.25, -0.2) is 4.98 Å². The van der Waals surface area contributed by atoms with E-state index < -0.39 is 0 Å². The van der Waals surface area contributed by atoms with E-state index >= 15 is 0 Å². The zero-order valence-corrected chi connectivity index (χ0v) is 15.6. The summed E-state index contributed by atoms with van der Waals surface area (Å²) in [6.07, 6.45) is 1.96. The summed E-state index contributed by atoms with van der Waals surface area (Å²) in [4.78, 5) is 16.7. The highest BCUT2D eigenvalue weighted by Crippen LogP contribution is 2.27. The van der Waals surface area contributed by atoms with Crippen molar-refractivity contribution in [1.29, 1.82) is 0 Å². The van der Waals surface area contributed by atoms with Crippen molar-refractivity contribution in [2.24, 2.45) is 0 Å². The van der Waals surface area contributed by atoms with E-state index in [1.54, 1.807) is 18.4 Å². The van der Waals surface area contributed by atoms with Crippen LogP contribution in [0.4, 0.5) is 0 Å². The van der Waals surface area contributed by atoms with Crippen molar-refractivity contribution in [2.45, 2.75) is 19.3 Å². The minimum atomic E-state index is 0.0665. The Labute approximate surface area is 157 Å². The van der Waals surface area contributed by atoms with Crippen molar-refractivity contribution in [3.63, 3.8) is 0 Å². The lowest BCUT2D eigenvalue weighted by atomic mass is 10.1. The van der Waals surface area contributed by atoms with Crippen molar-refractivity contribution < 1.29 is 9.53 Å². The second-order valence-electron chi connectivity index (χ2n) is 5.96. The van der Waals surface area contributed by atoms with Crippen molar-refractivity contribution in [2.75, 3.05) is 13.7 Å². The predicted octanol–water partition coefficient (Wildman–Crippen LogP) is 4.11. The van der Waals surface area contributed by atoms with E-state index in [2.05, 4.69) is 22.4 Å². The van der Waals surface area contributed by atoms with E-state index in [1.165, 1.54) is 5.56 Å². The SMILES string of the molecule is COc1cccc(-c2nc(CCC(=O)NCCc3ccccc3)cs2)c1. The Bertz CT molecular complexity index is 846. The van der Waals surface area contributed by atoms with Crippen molar-refractivity contribution in [3.8, 4) is 16.3 Å². The van der Waals surface area contributed by atoms with Crippen LogP contribution < -0.4 is 10.1 Å². The molecule has 1 amide bonds. The number of hydrogen-bond donors (Lipinski definition) is 1. The molecule has 0 fully saturated rings. The smallest absolute Gasteiger partial charge is 0.220 e. The summed E-state index contributed by atoms with van der Waals surface area (Å²) in [5.74, 6) is 0.883. The number of aryl methyl sites for hydroxylation is 1. The van der Waals surface area contributed by atoms with Gasteiger partial charge in [-0.3, -0.25) is 4.79 Å². The van der Waals surface area contributed by atoms with Gasteiger partial charge in [0.25, 0.3) is 0 Å². The number of nitrogens with one attached hydrogen (secondary N) is 1. The van der Waals surface area contributed by atoms with Gasteiger partial charge in [-0.05, 0) is 30.5 Å². The number of aromatic nitrogens is 1. The van der Waals surface area contributed by atoms with Crippen LogP contribution in [-0.2, 0) is 17.6 Å². The van der Waals surface area contributed by atoms with Gasteiger partial charge in [-0.15, -0.1) is 11.3 Å². The van der Waals surface area contributed by atoms with Gasteiger partial charge in [0.05, 0.1) is 12.8 Å². The summed E-state index contributed by atoms with van der Waals surface area (Å²) in [5, 5.41) is 5.94. The quantitative estimate of drug-likeness (QED) is 0.653. The standard InChI is InChI=1S/C21H22N2O2S/c1-25-19-9-5-8-17(14-19)21-23-18(15-26-21)10-11-20(24)22-13-12-16-6-3-2-4-7-16/h2-9,14-15H,10-13H2,1H3,(H,22,24). The van der Waals surface area contributed by atoms with E-state index in [0.717, 1.165) is 28.4 Å². The summed E-state index contributed by atoms with van der Waals surface area (Å²) in [6, 6.07) is 18.0. The number of ether oxygens (including phenoxy) is 1. The second-order valence-corrected chi connectivity index (χ2v) is 6.82. The van der Waals surface area contributed by atoms with E-state index in [0.29, 0.717) is 19.4 Å². The molecule has 0 aliphatic carbocycles. The van der Waals surface area contributed by atoms with E-state index in [-0.39, 0.29) is 5.91 Å². The van der Waals surface area contributed by atoms with Gasteiger partial charge < -0.3 is 10.1 Å². The molecule has 1 heterocycles. The van der Waals surface area contributed by atoms with Crippen LogP contribution in [0.3, 0.4) is 0 Å². The number of rotatable bonds is 8. The summed E-state index contributed by atoms with van der Waals surface area (Å²) in [7, 11) is 1.66. The maximum absolute atomic E-state index is 12.0. The first-order chi connectivity index (χ1) is 12.7. The van der Waals surface area contributed by atoms with Gasteiger partial charge in [-0.1, -0.05) is 42.5 Å². The number of thiazole rings is 1. The lowest BCUT2D eigenvalue weighted by Crippen LogP contribution is -2.25. The Hall–Kier alpha value is -2.66. The molecular weight excluding hydrogens is 344 g/mol. The number of methoxy groups -OCH3 is 1. The zero-order chi connectivity index (χ0) is 18.2. The van der Waals surface area contributed by atoms with Gasteiger partial charge in [0.1, 0.15) is 10.8 Å². The molecule has 0 radical (unpaired) electrons. The molecule has 4 nitrogen and oxygen atoms in total. The Balaban J connectivity index is 1.46. The predicted molar refractivity (Wildman–Crippen MR) is 106 cm³/mol. The highest BCUT2D eigenvalue weighted by molar-refractivity contribution is 7.13. The van der Waals surface area contributed by atoms with Crippen molar-refractivity contribution in [3.05, 3.63) is 71.2 Å².